The summed E-state index contributed by atoms with van der Waals surface area (Å²) in [7, 11) is -10.7. The molecule has 1 saturated heterocycles. The molecule has 1 saturated carbocycles. The van der Waals surface area contributed by atoms with E-state index in [4.69, 9.17) is 23.3 Å². The van der Waals surface area contributed by atoms with Crippen molar-refractivity contribution < 1.29 is 81.6 Å². The Balaban J connectivity index is 1.79. The minimum Gasteiger partial charge on any atom is -0.462 e. The van der Waals surface area contributed by atoms with Crippen LogP contribution in [0.15, 0.2) is 72.9 Å². The summed E-state index contributed by atoms with van der Waals surface area (Å²) in [6.45, 7) is 3.00. The summed E-state index contributed by atoms with van der Waals surface area (Å²) >= 11 is 0. The molecule has 0 aromatic heterocycles. The SMILES string of the molecule is CCCCC/C=C\C/C=C\C/C=C\CC1OC1CCCC(=O)OC[C@H](COP(=O)(O)O[C@H]1C(O)C(O)C(O)[C@@H](OP(=O)(O)O)C1O)OC(=O)CCCCCCCC/C=C\C/C=C\C/C=C\CCCCCC. The fourth-order valence-electron chi connectivity index (χ4n) is 7.77. The number of hydrogen-bond donors (Lipinski definition) is 7. The number of ether oxygens (including phenoxy) is 3. The normalized spacial score (nSPS) is 24.3. The molecule has 1 aliphatic carbocycles. The fourth-order valence-corrected chi connectivity index (χ4v) is 9.31. The maximum absolute atomic E-state index is 13.0. The van der Waals surface area contributed by atoms with Crippen LogP contribution in [0.5, 0.6) is 0 Å². The Bertz CT molecular complexity index is 1710. The van der Waals surface area contributed by atoms with Gasteiger partial charge in [-0.3, -0.25) is 23.2 Å². The number of unbranched alkanes of at least 4 members (excludes halogenated alkanes) is 13. The second kappa shape index (κ2) is 38.9. The maximum Gasteiger partial charge on any atom is 0.472 e. The molecule has 17 nitrogen and oxygen atoms in total. The van der Waals surface area contributed by atoms with Crippen molar-refractivity contribution in [3.8, 4) is 0 Å². The number of esters is 2. The van der Waals surface area contributed by atoms with Crippen molar-refractivity contribution in [1.29, 1.82) is 0 Å². The number of phosphoric acid groups is 2. The molecule has 71 heavy (non-hydrogen) atoms. The van der Waals surface area contributed by atoms with Gasteiger partial charge in [-0.2, -0.15) is 0 Å². The van der Waals surface area contributed by atoms with Crippen LogP contribution in [0.2, 0.25) is 0 Å². The molecular formula is C52H88O17P2. The van der Waals surface area contributed by atoms with Crippen molar-refractivity contribution in [1.82, 2.24) is 0 Å². The summed E-state index contributed by atoms with van der Waals surface area (Å²) in [5, 5.41) is 41.4. The fraction of sp³-hybridized carbons (Fsp3) is 0.731. The lowest BCUT2D eigenvalue weighted by Crippen LogP contribution is -2.64. The van der Waals surface area contributed by atoms with Crippen LogP contribution in [0, 0.1) is 0 Å². The van der Waals surface area contributed by atoms with Crippen molar-refractivity contribution in [2.45, 2.75) is 229 Å². The minimum absolute atomic E-state index is 0.00959. The van der Waals surface area contributed by atoms with Crippen LogP contribution >= 0.6 is 15.6 Å². The third-order valence-electron chi connectivity index (χ3n) is 11.9. The number of hydrogen-bond acceptors (Lipinski definition) is 14. The highest BCUT2D eigenvalue weighted by molar-refractivity contribution is 7.47. The highest BCUT2D eigenvalue weighted by atomic mass is 31.2. The first-order valence-corrected chi connectivity index (χ1v) is 29.1. The number of carbonyl (C=O) groups excluding carboxylic acids is 2. The average molecular weight is 1050 g/mol. The summed E-state index contributed by atoms with van der Waals surface area (Å²) in [5.74, 6) is -1.30. The Hall–Kier alpha value is -2.60. The number of aliphatic hydroxyl groups excluding tert-OH is 4. The zero-order valence-corrected chi connectivity index (χ0v) is 44.1. The zero-order valence-electron chi connectivity index (χ0n) is 42.3. The Morgan fingerprint density at radius 2 is 0.986 bits per heavy atom. The molecule has 2 rings (SSSR count). The van der Waals surface area contributed by atoms with Crippen molar-refractivity contribution in [3.05, 3.63) is 72.9 Å². The highest BCUT2D eigenvalue weighted by Crippen LogP contribution is 2.49. The quantitative estimate of drug-likeness (QED) is 0.00985. The largest absolute Gasteiger partial charge is 0.472 e. The van der Waals surface area contributed by atoms with Gasteiger partial charge in [0, 0.05) is 12.8 Å². The summed E-state index contributed by atoms with van der Waals surface area (Å²) in [5.41, 5.74) is 0. The van der Waals surface area contributed by atoms with Gasteiger partial charge in [-0.05, 0) is 89.9 Å². The van der Waals surface area contributed by atoms with E-state index in [1.165, 1.54) is 44.9 Å². The summed E-state index contributed by atoms with van der Waals surface area (Å²) in [4.78, 5) is 54.6. The van der Waals surface area contributed by atoms with E-state index in [9.17, 15) is 53.8 Å². The van der Waals surface area contributed by atoms with E-state index >= 15 is 0 Å². The van der Waals surface area contributed by atoms with Crippen molar-refractivity contribution >= 4 is 27.6 Å². The zero-order chi connectivity index (χ0) is 52.2. The molecule has 2 fully saturated rings. The van der Waals surface area contributed by atoms with Crippen LogP contribution in [0.4, 0.5) is 0 Å². The molecule has 7 N–H and O–H groups in total. The van der Waals surface area contributed by atoms with Crippen molar-refractivity contribution in [3.63, 3.8) is 0 Å². The van der Waals surface area contributed by atoms with E-state index in [1.54, 1.807) is 0 Å². The Labute approximate surface area is 423 Å². The first-order chi connectivity index (χ1) is 34.1. The second-order valence-electron chi connectivity index (χ2n) is 18.3. The average Bonchev–Trinajstić information content (AvgIpc) is 4.08. The molecule has 0 aromatic rings. The predicted molar refractivity (Wildman–Crippen MR) is 273 cm³/mol. The number of phosphoric ester groups is 2. The maximum atomic E-state index is 13.0. The number of aliphatic hydroxyl groups is 4. The lowest BCUT2D eigenvalue weighted by atomic mass is 9.85. The van der Waals surface area contributed by atoms with E-state index in [0.717, 1.165) is 83.5 Å². The molecule has 19 heteroatoms. The predicted octanol–water partition coefficient (Wildman–Crippen LogP) is 9.78. The van der Waals surface area contributed by atoms with Crippen LogP contribution in [0.3, 0.4) is 0 Å². The van der Waals surface area contributed by atoms with Gasteiger partial charge in [0.15, 0.2) is 6.10 Å². The molecule has 0 amide bonds. The molecule has 7 unspecified atom stereocenters. The van der Waals surface area contributed by atoms with Gasteiger partial charge < -0.3 is 49.3 Å². The van der Waals surface area contributed by atoms with Gasteiger partial charge in [0.25, 0.3) is 0 Å². The molecule has 0 spiro atoms. The standard InChI is InChI=1S/C52H88O17P2/c1-3-5-7-9-11-13-15-17-18-19-20-21-22-23-24-26-28-30-32-34-38-46(54)66-42(41-65-71(62,63)69-52-49(57)47(55)48(56)51(50(52)58)68-70(59,60)61)40-64-45(53)39-35-37-44-43(67-44)36-33-31-29-27-25-16-14-12-10-8-6-4-2/h12-15,18-19,21-22,25,27,31,33,42-44,47-52,55-58H,3-11,16-17,20,23-24,26,28-30,32,34-41H2,1-2H3,(H,62,63)(H2,59,60,61)/b14-12-,15-13-,19-18-,22-21-,27-25-,33-31-/t42-,43?,44?,47?,48?,49?,50?,51-,52+/m1/s1. The molecular weight excluding hydrogens is 959 g/mol. The molecule has 0 radical (unpaired) electrons. The number of rotatable bonds is 42. The van der Waals surface area contributed by atoms with Gasteiger partial charge in [0.1, 0.15) is 43.2 Å². The molecule has 0 bridgehead atoms. The van der Waals surface area contributed by atoms with E-state index < -0.39 is 83.5 Å². The molecule has 0 aromatic carbocycles. The lowest BCUT2D eigenvalue weighted by molar-refractivity contribution is -0.216. The van der Waals surface area contributed by atoms with Crippen LogP contribution < -0.4 is 0 Å². The molecule has 1 aliphatic heterocycles. The first-order valence-electron chi connectivity index (χ1n) is 26.1. The van der Waals surface area contributed by atoms with E-state index in [0.29, 0.717) is 19.3 Å². The highest BCUT2D eigenvalue weighted by Gasteiger charge is 2.54. The van der Waals surface area contributed by atoms with Crippen molar-refractivity contribution in [2.75, 3.05) is 13.2 Å². The topological polar surface area (TPSA) is 269 Å². The Kier molecular flexibility index (Phi) is 35.3. The summed E-state index contributed by atoms with van der Waals surface area (Å²) < 4.78 is 55.3. The van der Waals surface area contributed by atoms with Gasteiger partial charge in [0.05, 0.1) is 18.8 Å². The van der Waals surface area contributed by atoms with Gasteiger partial charge in [-0.1, -0.05) is 145 Å². The Morgan fingerprint density at radius 1 is 0.521 bits per heavy atom. The number of allylic oxidation sites excluding steroid dienone is 11. The van der Waals surface area contributed by atoms with Gasteiger partial charge in [0.2, 0.25) is 0 Å². The van der Waals surface area contributed by atoms with Crippen LogP contribution in [0.25, 0.3) is 0 Å². The van der Waals surface area contributed by atoms with E-state index in [-0.39, 0.29) is 25.0 Å². The van der Waals surface area contributed by atoms with Crippen LogP contribution in [0.1, 0.15) is 174 Å². The van der Waals surface area contributed by atoms with Gasteiger partial charge in [-0.15, -0.1) is 0 Å². The lowest BCUT2D eigenvalue weighted by Gasteiger charge is -2.43. The molecule has 2 aliphatic rings. The van der Waals surface area contributed by atoms with E-state index in [2.05, 4.69) is 91.3 Å². The summed E-state index contributed by atoms with van der Waals surface area (Å²) in [6, 6.07) is 0. The van der Waals surface area contributed by atoms with Crippen LogP contribution in [-0.2, 0) is 46.5 Å². The first kappa shape index (κ1) is 64.5. The van der Waals surface area contributed by atoms with Gasteiger partial charge in [-0.25, -0.2) is 9.13 Å². The van der Waals surface area contributed by atoms with E-state index in [1.807, 2.05) is 0 Å². The second-order valence-corrected chi connectivity index (χ2v) is 20.9. The number of carbonyl (C=O) groups is 2. The van der Waals surface area contributed by atoms with Gasteiger partial charge >= 0.3 is 27.6 Å². The molecule has 408 valence electrons. The molecule has 1 heterocycles. The third kappa shape index (κ3) is 32.3. The Morgan fingerprint density at radius 3 is 1.55 bits per heavy atom. The monoisotopic (exact) mass is 1050 g/mol. The number of epoxide rings is 1. The minimum atomic E-state index is -5.38. The smallest absolute Gasteiger partial charge is 0.462 e. The van der Waals surface area contributed by atoms with Crippen LogP contribution in [-0.4, -0.2) is 115 Å². The molecule has 10 atom stereocenters. The third-order valence-corrected chi connectivity index (χ3v) is 13.4. The summed E-state index contributed by atoms with van der Waals surface area (Å²) in [6.07, 6.45) is 34.3. The van der Waals surface area contributed by atoms with Crippen molar-refractivity contribution in [2.24, 2.45) is 0 Å².